The zero-order valence-electron chi connectivity index (χ0n) is 12.6. The molecule has 1 nitrogen and oxygen atoms in total. The predicted octanol–water partition coefficient (Wildman–Crippen LogP) is 4.82. The maximum absolute atomic E-state index is 3.66. The molecule has 96 valence electrons. The molecule has 0 radical (unpaired) electrons. The standard InChI is InChI=1S/C13H31NSi2/c1-13(2,3)16(7,8)14-11-9-10-12-15(4,5)6/h9,11,14H,10,12H2,1-8H3. The summed E-state index contributed by atoms with van der Waals surface area (Å²) in [5.74, 6) is 0. The van der Waals surface area contributed by atoms with Crippen molar-refractivity contribution in [3.8, 4) is 0 Å². The van der Waals surface area contributed by atoms with Gasteiger partial charge in [0.15, 0.2) is 8.24 Å². The van der Waals surface area contributed by atoms with E-state index in [4.69, 9.17) is 0 Å². The second-order valence-electron chi connectivity index (χ2n) is 7.52. The highest BCUT2D eigenvalue weighted by Gasteiger charge is 2.34. The van der Waals surface area contributed by atoms with Gasteiger partial charge in [0, 0.05) is 8.07 Å². The van der Waals surface area contributed by atoms with Crippen molar-refractivity contribution in [1.29, 1.82) is 0 Å². The highest BCUT2D eigenvalue weighted by Crippen LogP contribution is 2.33. The predicted molar refractivity (Wildman–Crippen MR) is 82.2 cm³/mol. The Morgan fingerprint density at radius 3 is 1.88 bits per heavy atom. The molecule has 0 rings (SSSR count). The Morgan fingerprint density at radius 2 is 1.50 bits per heavy atom. The topological polar surface area (TPSA) is 12.0 Å². The molecule has 0 saturated carbocycles. The molecule has 0 spiro atoms. The molecule has 1 N–H and O–H groups in total. The molecule has 0 aromatic heterocycles. The molecule has 16 heavy (non-hydrogen) atoms. The highest BCUT2D eigenvalue weighted by molar-refractivity contribution is 6.78. The van der Waals surface area contributed by atoms with Crippen molar-refractivity contribution < 1.29 is 0 Å². The van der Waals surface area contributed by atoms with E-state index in [2.05, 4.69) is 70.8 Å². The fraction of sp³-hybridized carbons (Fsp3) is 0.846. The molecule has 0 aromatic carbocycles. The van der Waals surface area contributed by atoms with Gasteiger partial charge in [-0.3, -0.25) is 0 Å². The lowest BCUT2D eigenvalue weighted by atomic mass is 10.2. The average molecular weight is 258 g/mol. The zero-order valence-corrected chi connectivity index (χ0v) is 14.6. The number of hydrogen-bond donors (Lipinski definition) is 1. The minimum absolute atomic E-state index is 0.413. The molecule has 0 unspecified atom stereocenters. The monoisotopic (exact) mass is 257 g/mol. The summed E-state index contributed by atoms with van der Waals surface area (Å²) in [5.41, 5.74) is 0. The molecule has 0 aliphatic rings. The summed E-state index contributed by atoms with van der Waals surface area (Å²) < 4.78 is 0. The van der Waals surface area contributed by atoms with E-state index < -0.39 is 16.3 Å². The first-order valence-corrected chi connectivity index (χ1v) is 13.1. The first-order valence-electron chi connectivity index (χ1n) is 6.38. The largest absolute Gasteiger partial charge is 0.416 e. The lowest BCUT2D eigenvalue weighted by molar-refractivity contribution is 0.705. The molecule has 0 aliphatic heterocycles. The number of hydrogen-bond acceptors (Lipinski definition) is 1. The summed E-state index contributed by atoms with van der Waals surface area (Å²) in [6, 6.07) is 1.39. The second kappa shape index (κ2) is 5.54. The fourth-order valence-corrected chi connectivity index (χ4v) is 3.08. The van der Waals surface area contributed by atoms with Crippen LogP contribution >= 0.6 is 0 Å². The van der Waals surface area contributed by atoms with Gasteiger partial charge in [-0.2, -0.15) is 0 Å². The van der Waals surface area contributed by atoms with Crippen LogP contribution in [-0.2, 0) is 0 Å². The fourth-order valence-electron chi connectivity index (χ4n) is 1.08. The third-order valence-corrected chi connectivity index (χ3v) is 9.93. The summed E-state index contributed by atoms with van der Waals surface area (Å²) in [6.07, 6.45) is 5.76. The molecule has 0 fully saturated rings. The van der Waals surface area contributed by atoms with Gasteiger partial charge in [-0.25, -0.2) is 0 Å². The van der Waals surface area contributed by atoms with Crippen LogP contribution in [0.15, 0.2) is 12.3 Å². The van der Waals surface area contributed by atoms with E-state index in [-0.39, 0.29) is 0 Å². The van der Waals surface area contributed by atoms with Gasteiger partial charge in [-0.05, 0) is 17.7 Å². The van der Waals surface area contributed by atoms with Crippen LogP contribution in [0, 0.1) is 0 Å². The highest BCUT2D eigenvalue weighted by atomic mass is 28.3. The summed E-state index contributed by atoms with van der Waals surface area (Å²) in [6.45, 7) is 19.1. The van der Waals surface area contributed by atoms with Crippen molar-refractivity contribution in [2.24, 2.45) is 0 Å². The molecular weight excluding hydrogens is 226 g/mol. The molecule has 0 heterocycles. The second-order valence-corrected chi connectivity index (χ2v) is 18.2. The summed E-state index contributed by atoms with van der Waals surface area (Å²) in [4.78, 5) is 3.66. The van der Waals surface area contributed by atoms with Crippen molar-refractivity contribution >= 4 is 16.3 Å². The molecule has 0 saturated heterocycles. The van der Waals surface area contributed by atoms with Gasteiger partial charge < -0.3 is 4.98 Å². The third-order valence-electron chi connectivity index (χ3n) is 3.50. The van der Waals surface area contributed by atoms with Crippen molar-refractivity contribution in [3.63, 3.8) is 0 Å². The summed E-state index contributed by atoms with van der Waals surface area (Å²) >= 11 is 0. The Bertz CT molecular complexity index is 231. The van der Waals surface area contributed by atoms with E-state index in [0.717, 1.165) is 0 Å². The maximum Gasteiger partial charge on any atom is 0.152 e. The number of nitrogens with one attached hydrogen (secondary N) is 1. The van der Waals surface area contributed by atoms with Crippen LogP contribution in [0.3, 0.4) is 0 Å². The van der Waals surface area contributed by atoms with Crippen molar-refractivity contribution in [1.82, 2.24) is 4.98 Å². The van der Waals surface area contributed by atoms with E-state index in [1.807, 2.05) is 0 Å². The first-order chi connectivity index (χ1) is 6.96. The zero-order chi connectivity index (χ0) is 13.0. The Morgan fingerprint density at radius 1 is 1.00 bits per heavy atom. The molecule has 0 aromatic rings. The van der Waals surface area contributed by atoms with Crippen LogP contribution in [-0.4, -0.2) is 16.3 Å². The van der Waals surface area contributed by atoms with Gasteiger partial charge in [0.25, 0.3) is 0 Å². The lowest BCUT2D eigenvalue weighted by Crippen LogP contribution is -2.49. The van der Waals surface area contributed by atoms with Crippen molar-refractivity contribution in [2.75, 3.05) is 0 Å². The Labute approximate surface area is 105 Å². The van der Waals surface area contributed by atoms with Gasteiger partial charge in [-0.1, -0.05) is 65.6 Å². The first kappa shape index (κ1) is 16.0. The van der Waals surface area contributed by atoms with Crippen molar-refractivity contribution in [2.45, 2.75) is 71.0 Å². The number of allylic oxidation sites excluding steroid dienone is 1. The summed E-state index contributed by atoms with van der Waals surface area (Å²) in [7, 11) is -2.18. The van der Waals surface area contributed by atoms with Gasteiger partial charge in [0.05, 0.1) is 0 Å². The lowest BCUT2D eigenvalue weighted by Gasteiger charge is -2.36. The van der Waals surface area contributed by atoms with Crippen LogP contribution in [0.2, 0.25) is 43.8 Å². The normalized spacial score (nSPS) is 14.5. The van der Waals surface area contributed by atoms with Crippen LogP contribution in [0.25, 0.3) is 0 Å². The van der Waals surface area contributed by atoms with E-state index in [0.29, 0.717) is 5.04 Å². The molecule has 0 amide bonds. The number of rotatable bonds is 5. The Hall–Kier alpha value is -0.0262. The minimum Gasteiger partial charge on any atom is -0.416 e. The summed E-state index contributed by atoms with van der Waals surface area (Å²) in [5, 5.41) is 0.413. The SMILES string of the molecule is CC(C)(C)[Si](C)(C)NC=CCC[Si](C)(C)C. The Balaban J connectivity index is 4.02. The van der Waals surface area contributed by atoms with Gasteiger partial charge >= 0.3 is 0 Å². The van der Waals surface area contributed by atoms with E-state index in [1.54, 1.807) is 0 Å². The van der Waals surface area contributed by atoms with E-state index >= 15 is 0 Å². The quantitative estimate of drug-likeness (QED) is 0.696. The van der Waals surface area contributed by atoms with Gasteiger partial charge in [0.2, 0.25) is 0 Å². The van der Waals surface area contributed by atoms with E-state index in [1.165, 1.54) is 12.5 Å². The third kappa shape index (κ3) is 6.53. The minimum atomic E-state index is -1.33. The molecule has 0 bridgehead atoms. The molecular formula is C13H31NSi2. The Kier molecular flexibility index (Phi) is 5.53. The van der Waals surface area contributed by atoms with Crippen molar-refractivity contribution in [3.05, 3.63) is 12.3 Å². The average Bonchev–Trinajstić information content (AvgIpc) is 1.98. The van der Waals surface area contributed by atoms with Gasteiger partial charge in [-0.15, -0.1) is 0 Å². The molecule has 0 aliphatic carbocycles. The molecule has 3 heteroatoms. The maximum atomic E-state index is 3.66. The van der Waals surface area contributed by atoms with E-state index in [9.17, 15) is 0 Å². The molecule has 0 atom stereocenters. The van der Waals surface area contributed by atoms with Gasteiger partial charge in [0.1, 0.15) is 0 Å². The smallest absolute Gasteiger partial charge is 0.152 e. The van der Waals surface area contributed by atoms with Crippen LogP contribution in [0.4, 0.5) is 0 Å². The van der Waals surface area contributed by atoms with Crippen LogP contribution < -0.4 is 4.98 Å². The van der Waals surface area contributed by atoms with Crippen LogP contribution in [0.5, 0.6) is 0 Å². The van der Waals surface area contributed by atoms with Crippen LogP contribution in [0.1, 0.15) is 27.2 Å².